The number of nitriles is 1. The van der Waals surface area contributed by atoms with Crippen molar-refractivity contribution in [3.8, 4) is 17.2 Å². The van der Waals surface area contributed by atoms with Crippen LogP contribution in [0.2, 0.25) is 5.02 Å². The zero-order valence-corrected chi connectivity index (χ0v) is 19.8. The predicted octanol–water partition coefficient (Wildman–Crippen LogP) is 4.89. The van der Waals surface area contributed by atoms with Crippen LogP contribution in [0.3, 0.4) is 0 Å². The van der Waals surface area contributed by atoms with Crippen LogP contribution in [0.15, 0.2) is 30.3 Å². The van der Waals surface area contributed by atoms with Gasteiger partial charge in [-0.2, -0.15) is 9.94 Å². The Balaban J connectivity index is 1.93. The standard InChI is InChI=1S/C25H26ClN5O3/c1-14(2)10-19-17(18-11-15(12-27)5-7-20(18)26)6-8-21-22(19)23(30-31(21)25(33)34)29-24(32)16-4-3-9-28-13-16/h5-8,11,14,16,28H,3-4,9-10,13H2,1-2H3,(H,33,34)(H,29,30,32)/t16-/m1/s1. The molecule has 0 saturated carbocycles. The smallest absolute Gasteiger partial charge is 0.432 e. The number of nitrogens with one attached hydrogen (secondary N) is 2. The Labute approximate surface area is 202 Å². The molecule has 1 saturated heterocycles. The maximum atomic E-state index is 13.0. The van der Waals surface area contributed by atoms with Gasteiger partial charge in [-0.25, -0.2) is 4.79 Å². The first-order chi connectivity index (χ1) is 16.3. The molecule has 2 aromatic carbocycles. The molecule has 1 aromatic heterocycles. The number of nitrogens with zero attached hydrogens (tertiary/aromatic N) is 3. The Morgan fingerprint density at radius 1 is 1.32 bits per heavy atom. The summed E-state index contributed by atoms with van der Waals surface area (Å²) in [5.74, 6) is 0.0476. The number of hydrogen-bond acceptors (Lipinski definition) is 5. The molecule has 8 nitrogen and oxygen atoms in total. The summed E-state index contributed by atoms with van der Waals surface area (Å²) in [7, 11) is 0. The van der Waals surface area contributed by atoms with Gasteiger partial charge in [-0.15, -0.1) is 5.10 Å². The minimum Gasteiger partial charge on any atom is -0.463 e. The van der Waals surface area contributed by atoms with Crippen LogP contribution in [0.4, 0.5) is 10.6 Å². The number of carbonyl (C=O) groups excluding carboxylic acids is 1. The number of carboxylic acid groups (broad SMARTS) is 1. The first-order valence-corrected chi connectivity index (χ1v) is 11.7. The molecule has 1 aliphatic rings. The fourth-order valence-corrected chi connectivity index (χ4v) is 4.70. The molecule has 1 fully saturated rings. The van der Waals surface area contributed by atoms with Crippen LogP contribution in [-0.2, 0) is 11.2 Å². The number of rotatable bonds is 5. The summed E-state index contributed by atoms with van der Waals surface area (Å²) >= 11 is 6.53. The molecule has 1 amide bonds. The second-order valence-electron chi connectivity index (χ2n) is 8.97. The van der Waals surface area contributed by atoms with Gasteiger partial charge in [-0.05, 0) is 67.1 Å². The molecule has 3 N–H and O–H groups in total. The zero-order valence-electron chi connectivity index (χ0n) is 19.1. The van der Waals surface area contributed by atoms with Crippen LogP contribution >= 0.6 is 11.6 Å². The van der Waals surface area contributed by atoms with E-state index in [1.807, 2.05) is 0 Å². The molecule has 0 spiro atoms. The lowest BCUT2D eigenvalue weighted by Gasteiger charge is -2.21. The van der Waals surface area contributed by atoms with Gasteiger partial charge in [0, 0.05) is 22.5 Å². The summed E-state index contributed by atoms with van der Waals surface area (Å²) in [6, 6.07) is 10.7. The molecular weight excluding hydrogens is 454 g/mol. The van der Waals surface area contributed by atoms with Gasteiger partial charge in [-0.1, -0.05) is 31.5 Å². The highest BCUT2D eigenvalue weighted by Crippen LogP contribution is 2.39. The molecule has 0 radical (unpaired) electrons. The second kappa shape index (κ2) is 9.84. The number of carbonyl (C=O) groups is 2. The van der Waals surface area contributed by atoms with Gasteiger partial charge in [0.2, 0.25) is 5.91 Å². The zero-order chi connectivity index (χ0) is 24.4. The lowest BCUT2D eigenvalue weighted by Crippen LogP contribution is -2.37. The number of piperidine rings is 1. The van der Waals surface area contributed by atoms with Crippen molar-refractivity contribution >= 4 is 40.3 Å². The molecule has 0 unspecified atom stereocenters. The summed E-state index contributed by atoms with van der Waals surface area (Å²) in [6.07, 6.45) is 1.02. The minimum atomic E-state index is -1.24. The van der Waals surface area contributed by atoms with Crippen LogP contribution in [0.5, 0.6) is 0 Å². The lowest BCUT2D eigenvalue weighted by atomic mass is 9.90. The quantitative estimate of drug-likeness (QED) is 0.479. The number of anilines is 1. The van der Waals surface area contributed by atoms with Crippen LogP contribution < -0.4 is 10.6 Å². The van der Waals surface area contributed by atoms with Crippen molar-refractivity contribution in [1.29, 1.82) is 5.26 Å². The largest absolute Gasteiger partial charge is 0.463 e. The molecule has 1 atom stereocenters. The van der Waals surface area contributed by atoms with Crippen molar-refractivity contribution in [1.82, 2.24) is 15.1 Å². The van der Waals surface area contributed by atoms with E-state index in [0.717, 1.165) is 35.2 Å². The highest BCUT2D eigenvalue weighted by molar-refractivity contribution is 6.33. The van der Waals surface area contributed by atoms with Gasteiger partial charge < -0.3 is 15.7 Å². The average molecular weight is 480 g/mol. The van der Waals surface area contributed by atoms with Crippen LogP contribution in [0.25, 0.3) is 22.0 Å². The van der Waals surface area contributed by atoms with E-state index in [1.54, 1.807) is 30.3 Å². The third kappa shape index (κ3) is 4.63. The average Bonchev–Trinajstić information content (AvgIpc) is 3.19. The van der Waals surface area contributed by atoms with E-state index in [2.05, 4.69) is 35.6 Å². The predicted molar refractivity (Wildman–Crippen MR) is 131 cm³/mol. The Bertz CT molecular complexity index is 1300. The maximum absolute atomic E-state index is 13.0. The SMILES string of the molecule is CC(C)Cc1c(-c2cc(C#N)ccc2Cl)ccc2c1c(NC(=O)[C@@H]1CCCNC1)nn2C(=O)O. The van der Waals surface area contributed by atoms with E-state index in [1.165, 1.54) is 0 Å². The number of benzene rings is 2. The lowest BCUT2D eigenvalue weighted by molar-refractivity contribution is -0.120. The van der Waals surface area contributed by atoms with Crippen LogP contribution in [-0.4, -0.2) is 40.0 Å². The molecule has 0 bridgehead atoms. The van der Waals surface area contributed by atoms with Gasteiger partial charge >= 0.3 is 6.09 Å². The topological polar surface area (TPSA) is 120 Å². The van der Waals surface area contributed by atoms with E-state index in [4.69, 9.17) is 11.6 Å². The third-order valence-corrected chi connectivity index (χ3v) is 6.37. The van der Waals surface area contributed by atoms with E-state index < -0.39 is 6.09 Å². The first-order valence-electron chi connectivity index (χ1n) is 11.3. The van der Waals surface area contributed by atoms with Crippen molar-refractivity contribution in [2.45, 2.75) is 33.1 Å². The third-order valence-electron chi connectivity index (χ3n) is 6.04. The first kappa shape index (κ1) is 23.7. The van der Waals surface area contributed by atoms with Gasteiger partial charge in [0.05, 0.1) is 23.1 Å². The highest BCUT2D eigenvalue weighted by Gasteiger charge is 2.26. The van der Waals surface area contributed by atoms with E-state index >= 15 is 0 Å². The number of hydrogen-bond donors (Lipinski definition) is 3. The number of amides is 1. The van der Waals surface area contributed by atoms with Crippen molar-refractivity contribution < 1.29 is 14.7 Å². The Kier molecular flexibility index (Phi) is 6.87. The fourth-order valence-electron chi connectivity index (χ4n) is 4.48. The van der Waals surface area contributed by atoms with E-state index in [9.17, 15) is 20.0 Å². The van der Waals surface area contributed by atoms with Gasteiger partial charge in [0.15, 0.2) is 5.82 Å². The Morgan fingerprint density at radius 2 is 2.12 bits per heavy atom. The van der Waals surface area contributed by atoms with Crippen molar-refractivity contribution in [2.75, 3.05) is 18.4 Å². The van der Waals surface area contributed by atoms with Gasteiger partial charge in [-0.3, -0.25) is 4.79 Å². The van der Waals surface area contributed by atoms with Crippen molar-refractivity contribution in [3.05, 3.63) is 46.5 Å². The molecule has 9 heteroatoms. The molecule has 0 aliphatic carbocycles. The van der Waals surface area contributed by atoms with E-state index in [0.29, 0.717) is 40.0 Å². The number of fused-ring (bicyclic) bond motifs is 1. The highest BCUT2D eigenvalue weighted by atomic mass is 35.5. The van der Waals surface area contributed by atoms with Gasteiger partial charge in [0.1, 0.15) is 0 Å². The molecule has 34 heavy (non-hydrogen) atoms. The summed E-state index contributed by atoms with van der Waals surface area (Å²) in [4.78, 5) is 25.0. The number of aromatic nitrogens is 2. The van der Waals surface area contributed by atoms with Crippen LogP contribution in [0, 0.1) is 23.2 Å². The second-order valence-corrected chi connectivity index (χ2v) is 9.37. The normalized spacial score (nSPS) is 15.9. The summed E-state index contributed by atoms with van der Waals surface area (Å²) in [5.41, 5.74) is 3.14. The summed E-state index contributed by atoms with van der Waals surface area (Å²) in [6.45, 7) is 5.57. The van der Waals surface area contributed by atoms with Gasteiger partial charge in [0.25, 0.3) is 0 Å². The molecular formula is C25H26ClN5O3. The van der Waals surface area contributed by atoms with Crippen molar-refractivity contribution in [2.24, 2.45) is 11.8 Å². The maximum Gasteiger partial charge on any atom is 0.432 e. The minimum absolute atomic E-state index is 0.186. The summed E-state index contributed by atoms with van der Waals surface area (Å²) in [5, 5.41) is 30.6. The Hall–Kier alpha value is -3.41. The summed E-state index contributed by atoms with van der Waals surface area (Å²) < 4.78 is 0.894. The van der Waals surface area contributed by atoms with Crippen LogP contribution in [0.1, 0.15) is 37.8 Å². The molecule has 1 aliphatic heterocycles. The monoisotopic (exact) mass is 479 g/mol. The van der Waals surface area contributed by atoms with Crippen molar-refractivity contribution in [3.63, 3.8) is 0 Å². The molecule has 3 aromatic rings. The molecule has 176 valence electrons. The fraction of sp³-hybridized carbons (Fsp3) is 0.360. The molecule has 2 heterocycles. The number of halogens is 1. The van der Waals surface area contributed by atoms with E-state index in [-0.39, 0.29) is 23.6 Å². The Morgan fingerprint density at radius 3 is 2.76 bits per heavy atom. The molecule has 4 rings (SSSR count).